The third-order valence-corrected chi connectivity index (χ3v) is 2.21. The molecule has 0 aliphatic rings. The van der Waals surface area contributed by atoms with Crippen molar-refractivity contribution in [3.63, 3.8) is 0 Å². The molecule has 0 aliphatic carbocycles. The lowest BCUT2D eigenvalue weighted by molar-refractivity contribution is 0.328. The molecule has 1 aromatic carbocycles. The Morgan fingerprint density at radius 2 is 1.94 bits per heavy atom. The molecule has 0 bridgehead atoms. The number of benzene rings is 1. The lowest BCUT2D eigenvalue weighted by atomic mass is 10.1. The molecule has 0 saturated carbocycles. The van der Waals surface area contributed by atoms with Crippen LogP contribution in [0.5, 0.6) is 11.5 Å². The second-order valence-corrected chi connectivity index (χ2v) is 3.49. The minimum absolute atomic E-state index is 0.599. The number of hydrogen-bond donors (Lipinski definition) is 0. The summed E-state index contributed by atoms with van der Waals surface area (Å²) in [6, 6.07) is 5.81. The van der Waals surface area contributed by atoms with Crippen LogP contribution in [0.1, 0.15) is 25.0 Å². The van der Waals surface area contributed by atoms with Crippen molar-refractivity contribution >= 4 is 6.08 Å². The van der Waals surface area contributed by atoms with Crippen LogP contribution in [0.15, 0.2) is 18.2 Å². The second kappa shape index (κ2) is 6.59. The molecule has 17 heavy (non-hydrogen) atoms. The van der Waals surface area contributed by atoms with Crippen LogP contribution in [0.2, 0.25) is 0 Å². The molecule has 3 nitrogen and oxygen atoms in total. The first kappa shape index (κ1) is 13.1. The Labute approximate surface area is 102 Å². The molecule has 1 aromatic rings. The van der Waals surface area contributed by atoms with E-state index in [1.54, 1.807) is 6.08 Å². The van der Waals surface area contributed by atoms with Gasteiger partial charge in [0.2, 0.25) is 0 Å². The predicted molar refractivity (Wildman–Crippen MR) is 68.2 cm³/mol. The first-order valence-corrected chi connectivity index (χ1v) is 5.69. The Morgan fingerprint density at radius 3 is 2.53 bits per heavy atom. The quantitative estimate of drug-likeness (QED) is 0.730. The average molecular weight is 231 g/mol. The summed E-state index contributed by atoms with van der Waals surface area (Å²) >= 11 is 0. The van der Waals surface area contributed by atoms with Crippen LogP contribution in [-0.4, -0.2) is 13.2 Å². The summed E-state index contributed by atoms with van der Waals surface area (Å²) in [5.74, 6) is 1.61. The smallest absolute Gasteiger partial charge is 0.129 e. The Bertz CT molecular complexity index is 444. The highest BCUT2D eigenvalue weighted by Crippen LogP contribution is 2.30. The lowest BCUT2D eigenvalue weighted by Gasteiger charge is -2.13. The van der Waals surface area contributed by atoms with Crippen LogP contribution in [0.25, 0.3) is 6.08 Å². The van der Waals surface area contributed by atoms with Crippen LogP contribution in [0.4, 0.5) is 0 Å². The van der Waals surface area contributed by atoms with E-state index in [1.807, 2.05) is 39.0 Å². The van der Waals surface area contributed by atoms with Gasteiger partial charge in [0.25, 0.3) is 0 Å². The molecule has 0 unspecified atom stereocenters. The fraction of sp³-hybridized carbons (Fsp3) is 0.357. The Morgan fingerprint density at radius 1 is 1.24 bits per heavy atom. The van der Waals surface area contributed by atoms with E-state index in [0.717, 1.165) is 22.6 Å². The van der Waals surface area contributed by atoms with E-state index < -0.39 is 0 Å². The van der Waals surface area contributed by atoms with Crippen molar-refractivity contribution in [3.8, 4) is 17.6 Å². The van der Waals surface area contributed by atoms with E-state index in [0.29, 0.717) is 13.2 Å². The molecule has 0 atom stereocenters. The van der Waals surface area contributed by atoms with Gasteiger partial charge in [-0.25, -0.2) is 0 Å². The van der Waals surface area contributed by atoms with E-state index in [2.05, 4.69) is 0 Å². The molecule has 0 spiro atoms. The molecular formula is C14H17NO2. The molecule has 0 aromatic heterocycles. The van der Waals surface area contributed by atoms with Gasteiger partial charge in [-0.3, -0.25) is 0 Å². The van der Waals surface area contributed by atoms with Gasteiger partial charge in [0.15, 0.2) is 0 Å². The lowest BCUT2D eigenvalue weighted by Crippen LogP contribution is -1.99. The van der Waals surface area contributed by atoms with Crippen molar-refractivity contribution in [2.45, 2.75) is 20.8 Å². The highest BCUT2D eigenvalue weighted by Gasteiger charge is 2.07. The molecule has 0 saturated heterocycles. The highest BCUT2D eigenvalue weighted by atomic mass is 16.5. The zero-order valence-electron chi connectivity index (χ0n) is 10.5. The van der Waals surface area contributed by atoms with E-state index >= 15 is 0 Å². The van der Waals surface area contributed by atoms with E-state index in [1.165, 1.54) is 6.08 Å². The van der Waals surface area contributed by atoms with Gasteiger partial charge in [-0.2, -0.15) is 5.26 Å². The Kier molecular flexibility index (Phi) is 5.09. The second-order valence-electron chi connectivity index (χ2n) is 3.49. The summed E-state index contributed by atoms with van der Waals surface area (Å²) in [7, 11) is 0. The van der Waals surface area contributed by atoms with E-state index in [-0.39, 0.29) is 0 Å². The summed E-state index contributed by atoms with van der Waals surface area (Å²) < 4.78 is 11.0. The molecule has 0 N–H and O–H groups in total. The number of hydrogen-bond acceptors (Lipinski definition) is 3. The summed E-state index contributed by atoms with van der Waals surface area (Å²) in [5.41, 5.74) is 1.88. The van der Waals surface area contributed by atoms with Crippen molar-refractivity contribution in [1.82, 2.24) is 0 Å². The zero-order valence-corrected chi connectivity index (χ0v) is 10.5. The number of allylic oxidation sites excluding steroid dienone is 1. The maximum absolute atomic E-state index is 8.58. The van der Waals surface area contributed by atoms with Gasteiger partial charge in [-0.15, -0.1) is 0 Å². The fourth-order valence-electron chi connectivity index (χ4n) is 1.61. The van der Waals surface area contributed by atoms with Crippen molar-refractivity contribution in [2.75, 3.05) is 13.2 Å². The van der Waals surface area contributed by atoms with Crippen LogP contribution in [-0.2, 0) is 0 Å². The molecular weight excluding hydrogens is 214 g/mol. The zero-order chi connectivity index (χ0) is 12.7. The SMILES string of the molecule is CCOc1cc(C)c(OCC)c(/C=C/C#N)c1. The predicted octanol–water partition coefficient (Wildman–Crippen LogP) is 3.33. The molecule has 1 rings (SSSR count). The molecule has 0 radical (unpaired) electrons. The standard InChI is InChI=1S/C14H17NO2/c1-4-16-13-9-11(3)14(17-5-2)12(10-13)7-6-8-15/h6-7,9-10H,4-5H2,1-3H3/b7-6+. The number of ether oxygens (including phenoxy) is 2. The van der Waals surface area contributed by atoms with Crippen LogP contribution < -0.4 is 9.47 Å². The fourth-order valence-corrected chi connectivity index (χ4v) is 1.61. The maximum Gasteiger partial charge on any atom is 0.129 e. The highest BCUT2D eigenvalue weighted by molar-refractivity contribution is 5.63. The maximum atomic E-state index is 8.58. The largest absolute Gasteiger partial charge is 0.494 e. The minimum atomic E-state index is 0.599. The monoisotopic (exact) mass is 231 g/mol. The molecule has 3 heteroatoms. The molecule has 90 valence electrons. The number of nitriles is 1. The third kappa shape index (κ3) is 3.53. The number of aryl methyl sites for hydroxylation is 1. The summed E-state index contributed by atoms with van der Waals surface area (Å²) in [5, 5.41) is 8.58. The van der Waals surface area contributed by atoms with Gasteiger partial charge in [0, 0.05) is 11.6 Å². The Hall–Kier alpha value is -1.95. The van der Waals surface area contributed by atoms with Crippen molar-refractivity contribution < 1.29 is 9.47 Å². The van der Waals surface area contributed by atoms with Crippen molar-refractivity contribution in [2.24, 2.45) is 0 Å². The van der Waals surface area contributed by atoms with Gasteiger partial charge in [-0.1, -0.05) is 0 Å². The van der Waals surface area contributed by atoms with E-state index in [9.17, 15) is 0 Å². The van der Waals surface area contributed by atoms with Crippen molar-refractivity contribution in [1.29, 1.82) is 5.26 Å². The summed E-state index contributed by atoms with van der Waals surface area (Å²) in [6.07, 6.45) is 3.17. The average Bonchev–Trinajstić information content (AvgIpc) is 2.31. The summed E-state index contributed by atoms with van der Waals surface area (Å²) in [4.78, 5) is 0. The van der Waals surface area contributed by atoms with Crippen LogP contribution >= 0.6 is 0 Å². The van der Waals surface area contributed by atoms with Crippen LogP contribution in [0, 0.1) is 18.3 Å². The van der Waals surface area contributed by atoms with Crippen LogP contribution in [0.3, 0.4) is 0 Å². The van der Waals surface area contributed by atoms with Gasteiger partial charge < -0.3 is 9.47 Å². The van der Waals surface area contributed by atoms with E-state index in [4.69, 9.17) is 14.7 Å². The summed E-state index contributed by atoms with van der Waals surface area (Å²) in [6.45, 7) is 7.07. The number of rotatable bonds is 5. The van der Waals surface area contributed by atoms with Gasteiger partial charge in [0.1, 0.15) is 11.5 Å². The molecule has 0 fully saturated rings. The van der Waals surface area contributed by atoms with Crippen molar-refractivity contribution in [3.05, 3.63) is 29.3 Å². The van der Waals surface area contributed by atoms with Gasteiger partial charge in [0.05, 0.1) is 19.3 Å². The van der Waals surface area contributed by atoms with Gasteiger partial charge in [-0.05, 0) is 44.5 Å². The van der Waals surface area contributed by atoms with Gasteiger partial charge >= 0.3 is 0 Å². The molecule has 0 amide bonds. The normalized spacial score (nSPS) is 10.2. The topological polar surface area (TPSA) is 42.2 Å². The minimum Gasteiger partial charge on any atom is -0.494 e. The molecule has 0 aliphatic heterocycles. The molecule has 0 heterocycles. The number of nitrogens with zero attached hydrogens (tertiary/aromatic N) is 1. The first-order valence-electron chi connectivity index (χ1n) is 5.69. The Balaban J connectivity index is 3.19. The third-order valence-electron chi connectivity index (χ3n) is 2.21. The first-order chi connectivity index (χ1) is 8.22.